The minimum Gasteiger partial charge on any atom is -0.385 e. The Labute approximate surface area is 245 Å². The lowest BCUT2D eigenvalue weighted by molar-refractivity contribution is 0.0738. The van der Waals surface area contributed by atoms with Gasteiger partial charge in [0, 0.05) is 43.4 Å². The van der Waals surface area contributed by atoms with Crippen LogP contribution < -0.4 is 21.1 Å². The Kier molecular flexibility index (Phi) is 8.35. The van der Waals surface area contributed by atoms with Gasteiger partial charge in [-0.3, -0.25) is 4.79 Å². The predicted molar refractivity (Wildman–Crippen MR) is 169 cm³/mol. The molecule has 0 saturated carbocycles. The van der Waals surface area contributed by atoms with Crippen LogP contribution in [0.15, 0.2) is 96.4 Å². The van der Waals surface area contributed by atoms with E-state index in [0.717, 1.165) is 36.6 Å². The molecule has 10 nitrogen and oxygen atoms in total. The van der Waals surface area contributed by atoms with Crippen molar-refractivity contribution in [3.63, 3.8) is 0 Å². The van der Waals surface area contributed by atoms with E-state index in [1.165, 1.54) is 10.9 Å². The maximum absolute atomic E-state index is 13.2. The summed E-state index contributed by atoms with van der Waals surface area (Å²) in [4.78, 5) is 29.2. The van der Waals surface area contributed by atoms with Crippen LogP contribution in [0.3, 0.4) is 0 Å². The summed E-state index contributed by atoms with van der Waals surface area (Å²) in [6.45, 7) is 9.19. The summed E-state index contributed by atoms with van der Waals surface area (Å²) in [5, 5.41) is 17.6. The second-order valence-electron chi connectivity index (χ2n) is 10.6. The largest absolute Gasteiger partial charge is 0.385 e. The van der Waals surface area contributed by atoms with Gasteiger partial charge in [-0.15, -0.1) is 6.58 Å². The minimum atomic E-state index is -1.15. The van der Waals surface area contributed by atoms with E-state index in [1.54, 1.807) is 42.8 Å². The standard InChI is InChI=1S/C32H36N8O2/c1-5-20-39-30(41)26-22-34-31(37-29(26)40(39)28-14-9-13-27(36-28)32(2,3)42)35-24-15-17-25(18-16-24)38(4)21-10-19-33-23-11-7-6-8-12-23/h5-9,11-18,22,33,42H,1,10,19-21H2,2-4H3,(H,34,35,37). The third-order valence-electron chi connectivity index (χ3n) is 6.89. The number of benzene rings is 2. The lowest BCUT2D eigenvalue weighted by Gasteiger charge is -2.20. The molecule has 42 heavy (non-hydrogen) atoms. The van der Waals surface area contributed by atoms with Gasteiger partial charge < -0.3 is 20.6 Å². The molecule has 5 rings (SSSR count). The second kappa shape index (κ2) is 12.3. The Morgan fingerprint density at radius 3 is 2.48 bits per heavy atom. The molecule has 0 aliphatic carbocycles. The molecule has 216 valence electrons. The molecule has 0 bridgehead atoms. The van der Waals surface area contributed by atoms with Crippen LogP contribution >= 0.6 is 0 Å². The molecule has 0 amide bonds. The lowest BCUT2D eigenvalue weighted by atomic mass is 10.1. The minimum absolute atomic E-state index is 0.252. The van der Waals surface area contributed by atoms with Crippen LogP contribution in [-0.2, 0) is 12.1 Å². The van der Waals surface area contributed by atoms with Crippen molar-refractivity contribution in [3.8, 4) is 5.82 Å². The molecule has 5 aromatic rings. The summed E-state index contributed by atoms with van der Waals surface area (Å²) in [5.74, 6) is 0.804. The van der Waals surface area contributed by atoms with Crippen molar-refractivity contribution in [2.75, 3.05) is 35.7 Å². The lowest BCUT2D eigenvalue weighted by Crippen LogP contribution is -2.23. The molecule has 0 aliphatic rings. The number of rotatable bonds is 12. The monoisotopic (exact) mass is 564 g/mol. The van der Waals surface area contributed by atoms with Crippen LogP contribution in [0.25, 0.3) is 16.9 Å². The summed E-state index contributed by atoms with van der Waals surface area (Å²) >= 11 is 0. The fourth-order valence-electron chi connectivity index (χ4n) is 4.65. The fraction of sp³-hybridized carbons (Fsp3) is 0.250. The number of aliphatic hydroxyl groups is 1. The zero-order valence-electron chi connectivity index (χ0n) is 24.2. The van der Waals surface area contributed by atoms with Gasteiger partial charge in [-0.25, -0.2) is 19.3 Å². The smallest absolute Gasteiger partial charge is 0.278 e. The molecule has 0 radical (unpaired) electrons. The molecule has 0 fully saturated rings. The van der Waals surface area contributed by atoms with Gasteiger partial charge in [0.05, 0.1) is 12.2 Å². The molecule has 3 heterocycles. The zero-order valence-corrected chi connectivity index (χ0v) is 24.2. The molecule has 0 spiro atoms. The normalized spacial score (nSPS) is 11.4. The zero-order chi connectivity index (χ0) is 29.7. The highest BCUT2D eigenvalue weighted by Gasteiger charge is 2.21. The van der Waals surface area contributed by atoms with Crippen LogP contribution in [0, 0.1) is 0 Å². The third kappa shape index (κ3) is 6.34. The van der Waals surface area contributed by atoms with Crippen molar-refractivity contribution in [2.24, 2.45) is 0 Å². The molecule has 10 heteroatoms. The highest BCUT2D eigenvalue weighted by atomic mass is 16.3. The Morgan fingerprint density at radius 2 is 1.76 bits per heavy atom. The number of hydrogen-bond acceptors (Lipinski definition) is 8. The molecule has 2 aromatic carbocycles. The SMILES string of the molecule is C=CCn1c(=O)c2cnc(Nc3ccc(N(C)CCCNc4ccccc4)cc3)nc2n1-c1cccc(C(C)(C)O)n1. The molecule has 0 atom stereocenters. The van der Waals surface area contributed by atoms with Crippen molar-refractivity contribution < 1.29 is 5.11 Å². The first-order valence-electron chi connectivity index (χ1n) is 13.9. The molecule has 0 unspecified atom stereocenters. The average Bonchev–Trinajstić information content (AvgIpc) is 3.26. The number of nitrogens with one attached hydrogen (secondary N) is 2. The first-order chi connectivity index (χ1) is 20.2. The van der Waals surface area contributed by atoms with Crippen molar-refractivity contribution in [1.29, 1.82) is 0 Å². The van der Waals surface area contributed by atoms with Gasteiger partial charge >= 0.3 is 0 Å². The van der Waals surface area contributed by atoms with Crippen LogP contribution in [0.5, 0.6) is 0 Å². The predicted octanol–water partition coefficient (Wildman–Crippen LogP) is 5.07. The summed E-state index contributed by atoms with van der Waals surface area (Å²) in [6.07, 6.45) is 4.16. The van der Waals surface area contributed by atoms with E-state index in [2.05, 4.69) is 51.3 Å². The van der Waals surface area contributed by atoms with E-state index in [1.807, 2.05) is 42.5 Å². The Bertz CT molecular complexity index is 1720. The summed E-state index contributed by atoms with van der Waals surface area (Å²) in [7, 11) is 2.08. The number of hydrogen-bond donors (Lipinski definition) is 3. The van der Waals surface area contributed by atoms with Gasteiger partial charge in [-0.1, -0.05) is 30.3 Å². The average molecular weight is 565 g/mol. The highest BCUT2D eigenvalue weighted by molar-refractivity contribution is 5.77. The fourth-order valence-corrected chi connectivity index (χ4v) is 4.65. The topological polar surface area (TPSA) is 113 Å². The van der Waals surface area contributed by atoms with E-state index in [-0.39, 0.29) is 12.1 Å². The number of fused-ring (bicyclic) bond motifs is 1. The molecule has 0 saturated heterocycles. The summed E-state index contributed by atoms with van der Waals surface area (Å²) < 4.78 is 3.15. The first kappa shape index (κ1) is 28.6. The van der Waals surface area contributed by atoms with Crippen molar-refractivity contribution in [1.82, 2.24) is 24.3 Å². The molecular formula is C32H36N8O2. The van der Waals surface area contributed by atoms with Crippen molar-refractivity contribution >= 4 is 34.0 Å². The van der Waals surface area contributed by atoms with E-state index in [0.29, 0.717) is 28.5 Å². The van der Waals surface area contributed by atoms with Crippen LogP contribution in [0.2, 0.25) is 0 Å². The maximum atomic E-state index is 13.2. The van der Waals surface area contributed by atoms with Crippen LogP contribution in [0.1, 0.15) is 26.0 Å². The second-order valence-corrected chi connectivity index (χ2v) is 10.6. The number of nitrogens with zero attached hydrogens (tertiary/aromatic N) is 6. The number of aromatic nitrogens is 5. The quantitative estimate of drug-likeness (QED) is 0.142. The maximum Gasteiger partial charge on any atom is 0.278 e. The van der Waals surface area contributed by atoms with Crippen molar-refractivity contribution in [2.45, 2.75) is 32.4 Å². The van der Waals surface area contributed by atoms with Crippen LogP contribution in [0.4, 0.5) is 23.0 Å². The van der Waals surface area contributed by atoms with Gasteiger partial charge in [-0.05, 0) is 68.8 Å². The van der Waals surface area contributed by atoms with E-state index >= 15 is 0 Å². The van der Waals surface area contributed by atoms with Crippen LogP contribution in [-0.4, -0.2) is 49.6 Å². The van der Waals surface area contributed by atoms with Gasteiger partial charge in [0.15, 0.2) is 11.5 Å². The van der Waals surface area contributed by atoms with Crippen molar-refractivity contribution in [3.05, 3.63) is 108 Å². The number of pyridine rings is 1. The van der Waals surface area contributed by atoms with Gasteiger partial charge in [0.25, 0.3) is 5.56 Å². The van der Waals surface area contributed by atoms with Gasteiger partial charge in [0.2, 0.25) is 5.95 Å². The van der Waals surface area contributed by atoms with E-state index < -0.39 is 5.60 Å². The Morgan fingerprint density at radius 1 is 1.00 bits per heavy atom. The first-order valence-corrected chi connectivity index (χ1v) is 13.9. The van der Waals surface area contributed by atoms with Gasteiger partial charge in [0.1, 0.15) is 11.0 Å². The Balaban J connectivity index is 1.34. The summed E-state index contributed by atoms with van der Waals surface area (Å²) in [5.41, 5.74) is 2.53. The molecular weight excluding hydrogens is 528 g/mol. The summed E-state index contributed by atoms with van der Waals surface area (Å²) in [6, 6.07) is 23.6. The number of allylic oxidation sites excluding steroid dienone is 1. The van der Waals surface area contributed by atoms with E-state index in [4.69, 9.17) is 4.98 Å². The van der Waals surface area contributed by atoms with E-state index in [9.17, 15) is 9.90 Å². The van der Waals surface area contributed by atoms with Gasteiger partial charge in [-0.2, -0.15) is 4.98 Å². The number of anilines is 4. The molecule has 3 aromatic heterocycles. The number of para-hydroxylation sites is 1. The molecule has 0 aliphatic heterocycles. The molecule has 3 N–H and O–H groups in total. The highest BCUT2D eigenvalue weighted by Crippen LogP contribution is 2.23. The Hall–Kier alpha value is -4.96. The third-order valence-corrected chi connectivity index (χ3v) is 6.89.